The highest BCUT2D eigenvalue weighted by atomic mass is 16.4. The van der Waals surface area contributed by atoms with E-state index in [1.54, 1.807) is 13.8 Å². The normalized spacial score (nSPS) is 11.6. The van der Waals surface area contributed by atoms with Crippen molar-refractivity contribution in [3.8, 4) is 12.3 Å². The first-order valence-electron chi connectivity index (χ1n) is 4.19. The maximum absolute atomic E-state index is 11.0. The first-order valence-corrected chi connectivity index (χ1v) is 4.19. The summed E-state index contributed by atoms with van der Waals surface area (Å²) in [4.78, 5) is 21.7. The molecule has 0 aromatic rings. The van der Waals surface area contributed by atoms with Crippen LogP contribution in [0.25, 0.3) is 0 Å². The molecular formula is C9H14N2O3. The zero-order chi connectivity index (χ0) is 11.1. The summed E-state index contributed by atoms with van der Waals surface area (Å²) in [6, 6.07) is -1.46. The largest absolute Gasteiger partial charge is 0.480 e. The van der Waals surface area contributed by atoms with Gasteiger partial charge in [-0.2, -0.15) is 0 Å². The molecule has 0 bridgehead atoms. The lowest BCUT2D eigenvalue weighted by molar-refractivity contribution is -0.140. The van der Waals surface area contributed by atoms with Crippen molar-refractivity contribution in [2.75, 3.05) is 6.54 Å². The molecule has 0 unspecified atom stereocenters. The van der Waals surface area contributed by atoms with Crippen molar-refractivity contribution < 1.29 is 14.7 Å². The van der Waals surface area contributed by atoms with Gasteiger partial charge in [0.25, 0.3) is 0 Å². The number of hydrogen-bond acceptors (Lipinski definition) is 2. The van der Waals surface area contributed by atoms with Crippen LogP contribution in [0, 0.1) is 18.3 Å². The van der Waals surface area contributed by atoms with E-state index in [0.29, 0.717) is 0 Å². The van der Waals surface area contributed by atoms with Crippen molar-refractivity contribution in [2.24, 2.45) is 5.92 Å². The van der Waals surface area contributed by atoms with E-state index in [1.807, 2.05) is 0 Å². The van der Waals surface area contributed by atoms with Crippen LogP contribution in [-0.2, 0) is 4.79 Å². The number of aliphatic carboxylic acids is 1. The minimum atomic E-state index is -1.06. The van der Waals surface area contributed by atoms with Crippen molar-refractivity contribution in [2.45, 2.75) is 19.9 Å². The van der Waals surface area contributed by atoms with Gasteiger partial charge in [-0.05, 0) is 5.92 Å². The molecule has 5 nitrogen and oxygen atoms in total. The summed E-state index contributed by atoms with van der Waals surface area (Å²) in [7, 11) is 0. The molecule has 5 heteroatoms. The monoisotopic (exact) mass is 198 g/mol. The Kier molecular flexibility index (Phi) is 5.15. The maximum atomic E-state index is 11.0. The summed E-state index contributed by atoms with van der Waals surface area (Å²) in [6.45, 7) is 3.50. The molecule has 0 heterocycles. The number of carbonyl (C=O) groups is 2. The number of carboxylic acid groups (broad SMARTS) is 1. The molecule has 2 amide bonds. The molecule has 0 fully saturated rings. The number of hydrogen-bond donors (Lipinski definition) is 3. The number of urea groups is 1. The summed E-state index contributed by atoms with van der Waals surface area (Å²) in [6.07, 6.45) is 4.92. The predicted octanol–water partition coefficient (Wildman–Crippen LogP) is 0.0280. The lowest BCUT2D eigenvalue weighted by atomic mass is 10.1. The van der Waals surface area contributed by atoms with Gasteiger partial charge in [-0.1, -0.05) is 19.8 Å². The molecule has 0 spiro atoms. The molecule has 0 saturated carbocycles. The van der Waals surface area contributed by atoms with E-state index in [4.69, 9.17) is 11.5 Å². The van der Waals surface area contributed by atoms with Gasteiger partial charge in [0.1, 0.15) is 6.04 Å². The van der Waals surface area contributed by atoms with E-state index in [-0.39, 0.29) is 12.5 Å². The van der Waals surface area contributed by atoms with Gasteiger partial charge < -0.3 is 15.7 Å². The number of nitrogens with one attached hydrogen (secondary N) is 2. The standard InChI is InChI=1S/C9H14N2O3/c1-4-5-10-9(14)11-7(6(2)3)8(12)13/h1,6-7H,5H2,2-3H3,(H,12,13)(H2,10,11,14)/t7-/m1/s1. The van der Waals surface area contributed by atoms with Crippen molar-refractivity contribution >= 4 is 12.0 Å². The topological polar surface area (TPSA) is 78.4 Å². The van der Waals surface area contributed by atoms with Gasteiger partial charge in [0.2, 0.25) is 0 Å². The van der Waals surface area contributed by atoms with Gasteiger partial charge >= 0.3 is 12.0 Å². The molecule has 0 aliphatic rings. The second-order valence-corrected chi connectivity index (χ2v) is 3.09. The van der Waals surface area contributed by atoms with Crippen molar-refractivity contribution in [3.63, 3.8) is 0 Å². The Morgan fingerprint density at radius 2 is 2.07 bits per heavy atom. The van der Waals surface area contributed by atoms with Gasteiger partial charge in [0, 0.05) is 0 Å². The minimum absolute atomic E-state index is 0.0796. The quantitative estimate of drug-likeness (QED) is 0.557. The smallest absolute Gasteiger partial charge is 0.326 e. The van der Waals surface area contributed by atoms with Crippen molar-refractivity contribution in [1.82, 2.24) is 10.6 Å². The summed E-state index contributed by atoms with van der Waals surface area (Å²) in [5.41, 5.74) is 0. The Morgan fingerprint density at radius 1 is 1.50 bits per heavy atom. The molecule has 14 heavy (non-hydrogen) atoms. The third-order valence-corrected chi connectivity index (χ3v) is 1.57. The van der Waals surface area contributed by atoms with Crippen LogP contribution in [0.5, 0.6) is 0 Å². The van der Waals surface area contributed by atoms with E-state index in [1.165, 1.54) is 0 Å². The van der Waals surface area contributed by atoms with Gasteiger partial charge in [-0.3, -0.25) is 0 Å². The van der Waals surface area contributed by atoms with Crippen molar-refractivity contribution in [1.29, 1.82) is 0 Å². The molecule has 0 aliphatic carbocycles. The summed E-state index contributed by atoms with van der Waals surface area (Å²) in [5, 5.41) is 13.4. The third kappa shape index (κ3) is 4.36. The van der Waals surface area contributed by atoms with Gasteiger partial charge in [-0.15, -0.1) is 6.42 Å². The molecule has 1 atom stereocenters. The first-order chi connectivity index (χ1) is 6.49. The molecule has 0 rings (SSSR count). The van der Waals surface area contributed by atoms with E-state index in [2.05, 4.69) is 16.6 Å². The summed E-state index contributed by atoms with van der Waals surface area (Å²) in [5.74, 6) is 0.975. The molecule has 3 N–H and O–H groups in total. The van der Waals surface area contributed by atoms with E-state index in [9.17, 15) is 9.59 Å². The Labute approximate surface area is 82.9 Å². The van der Waals surface area contributed by atoms with Crippen molar-refractivity contribution in [3.05, 3.63) is 0 Å². The maximum Gasteiger partial charge on any atom is 0.326 e. The zero-order valence-corrected chi connectivity index (χ0v) is 8.20. The Hall–Kier alpha value is -1.70. The number of carbonyl (C=O) groups excluding carboxylic acids is 1. The van der Waals surface area contributed by atoms with Gasteiger partial charge in [0.15, 0.2) is 0 Å². The Bertz CT molecular complexity index is 255. The second-order valence-electron chi connectivity index (χ2n) is 3.09. The van der Waals surface area contributed by atoms with Crippen LogP contribution in [0.4, 0.5) is 4.79 Å². The molecule has 0 radical (unpaired) electrons. The highest BCUT2D eigenvalue weighted by molar-refractivity contribution is 5.82. The molecule has 0 aliphatic heterocycles. The fraction of sp³-hybridized carbons (Fsp3) is 0.556. The Morgan fingerprint density at radius 3 is 2.43 bits per heavy atom. The van der Waals surface area contributed by atoms with Crippen LogP contribution in [0.15, 0.2) is 0 Å². The predicted molar refractivity (Wildman–Crippen MR) is 51.6 cm³/mol. The van der Waals surface area contributed by atoms with E-state index < -0.39 is 18.0 Å². The zero-order valence-electron chi connectivity index (χ0n) is 8.20. The third-order valence-electron chi connectivity index (χ3n) is 1.57. The Balaban J connectivity index is 4.12. The molecule has 0 aromatic carbocycles. The van der Waals surface area contributed by atoms with Crippen LogP contribution in [0.2, 0.25) is 0 Å². The van der Waals surface area contributed by atoms with Crippen LogP contribution in [-0.4, -0.2) is 29.7 Å². The lowest BCUT2D eigenvalue weighted by Gasteiger charge is -2.17. The van der Waals surface area contributed by atoms with Crippen LogP contribution in [0.1, 0.15) is 13.8 Å². The highest BCUT2D eigenvalue weighted by Crippen LogP contribution is 2.00. The lowest BCUT2D eigenvalue weighted by Crippen LogP contribution is -2.48. The first kappa shape index (κ1) is 12.3. The van der Waals surface area contributed by atoms with Crippen LogP contribution in [0.3, 0.4) is 0 Å². The molecular weight excluding hydrogens is 184 g/mol. The number of carboxylic acids is 1. The second kappa shape index (κ2) is 5.86. The average molecular weight is 198 g/mol. The number of amides is 2. The van der Waals surface area contributed by atoms with Gasteiger partial charge in [0.05, 0.1) is 6.54 Å². The van der Waals surface area contributed by atoms with E-state index in [0.717, 1.165) is 0 Å². The highest BCUT2D eigenvalue weighted by Gasteiger charge is 2.22. The van der Waals surface area contributed by atoms with Gasteiger partial charge in [-0.25, -0.2) is 9.59 Å². The fourth-order valence-electron chi connectivity index (χ4n) is 0.837. The minimum Gasteiger partial charge on any atom is -0.480 e. The summed E-state index contributed by atoms with van der Waals surface area (Å²) < 4.78 is 0. The van der Waals surface area contributed by atoms with Crippen LogP contribution < -0.4 is 10.6 Å². The van der Waals surface area contributed by atoms with E-state index >= 15 is 0 Å². The molecule has 0 aromatic heterocycles. The molecule has 0 saturated heterocycles. The van der Waals surface area contributed by atoms with Crippen LogP contribution >= 0.6 is 0 Å². The molecule has 78 valence electrons. The fourth-order valence-corrected chi connectivity index (χ4v) is 0.837. The average Bonchev–Trinajstić information content (AvgIpc) is 2.09. The number of terminal acetylenes is 1. The SMILES string of the molecule is C#CCNC(=O)N[C@@H](C(=O)O)C(C)C. The summed E-state index contributed by atoms with van der Waals surface area (Å²) >= 11 is 0. The number of rotatable bonds is 4.